The number of para-hydroxylation sites is 1. The molecule has 6 nitrogen and oxygen atoms in total. The first-order valence-corrected chi connectivity index (χ1v) is 10.1. The summed E-state index contributed by atoms with van der Waals surface area (Å²) in [7, 11) is 1.68. The van der Waals surface area contributed by atoms with Gasteiger partial charge in [-0.2, -0.15) is 11.3 Å². The number of aliphatic imine (C=N–C) groups is 1. The van der Waals surface area contributed by atoms with Crippen molar-refractivity contribution in [3.05, 3.63) is 52.2 Å². The van der Waals surface area contributed by atoms with Crippen LogP contribution in [0, 0.1) is 0 Å². The fourth-order valence-electron chi connectivity index (χ4n) is 3.72. The van der Waals surface area contributed by atoms with Crippen molar-refractivity contribution in [2.45, 2.75) is 18.5 Å². The Bertz CT molecular complexity index is 836. The molecule has 3 heterocycles. The van der Waals surface area contributed by atoms with Gasteiger partial charge in [-0.3, -0.25) is 15.1 Å². The van der Waals surface area contributed by atoms with Gasteiger partial charge in [0, 0.05) is 37.8 Å². The molecule has 7 heteroatoms. The first kappa shape index (κ1) is 18.2. The first-order valence-electron chi connectivity index (χ1n) is 9.17. The van der Waals surface area contributed by atoms with Crippen LogP contribution in [0.3, 0.4) is 0 Å². The Morgan fingerprint density at radius 1 is 1.37 bits per heavy atom. The third-order valence-corrected chi connectivity index (χ3v) is 5.91. The van der Waals surface area contributed by atoms with Gasteiger partial charge in [-0.05, 0) is 29.5 Å². The molecule has 1 aromatic carbocycles. The Kier molecular flexibility index (Phi) is 5.24. The van der Waals surface area contributed by atoms with Gasteiger partial charge in [0.15, 0.2) is 0 Å². The maximum Gasteiger partial charge on any atom is 0.254 e. The predicted octanol–water partition coefficient (Wildman–Crippen LogP) is 2.59. The van der Waals surface area contributed by atoms with Gasteiger partial charge in [-0.1, -0.05) is 18.2 Å². The SMILES string of the molecule is COCCN=C1Nc2ccccc2CN[C@]12CCN(C(=O)c1ccsc1)C2. The molecule has 2 aromatic rings. The number of methoxy groups -OCH3 is 1. The number of amidine groups is 1. The van der Waals surface area contributed by atoms with Crippen molar-refractivity contribution in [2.24, 2.45) is 4.99 Å². The quantitative estimate of drug-likeness (QED) is 0.796. The van der Waals surface area contributed by atoms with Crippen LogP contribution >= 0.6 is 11.3 Å². The van der Waals surface area contributed by atoms with E-state index in [0.717, 1.165) is 30.1 Å². The summed E-state index contributed by atoms with van der Waals surface area (Å²) in [5.41, 5.74) is 2.68. The second-order valence-electron chi connectivity index (χ2n) is 6.93. The predicted molar refractivity (Wildman–Crippen MR) is 109 cm³/mol. The van der Waals surface area contributed by atoms with E-state index < -0.39 is 0 Å². The number of hydrogen-bond acceptors (Lipinski definition) is 5. The molecule has 0 aliphatic carbocycles. The van der Waals surface area contributed by atoms with Crippen LogP contribution in [0.25, 0.3) is 0 Å². The van der Waals surface area contributed by atoms with Crippen LogP contribution in [0.4, 0.5) is 5.69 Å². The molecule has 2 N–H and O–H groups in total. The van der Waals surface area contributed by atoms with E-state index in [1.165, 1.54) is 5.56 Å². The minimum atomic E-state index is -0.363. The second-order valence-corrected chi connectivity index (χ2v) is 7.71. The number of nitrogens with zero attached hydrogens (tertiary/aromatic N) is 2. The molecule has 0 bridgehead atoms. The molecule has 1 spiro atoms. The van der Waals surface area contributed by atoms with Gasteiger partial charge >= 0.3 is 0 Å². The highest BCUT2D eigenvalue weighted by Gasteiger charge is 2.45. The van der Waals surface area contributed by atoms with E-state index in [0.29, 0.717) is 26.2 Å². The molecule has 1 saturated heterocycles. The third-order valence-electron chi connectivity index (χ3n) is 5.23. The largest absolute Gasteiger partial charge is 0.383 e. The van der Waals surface area contributed by atoms with Gasteiger partial charge < -0.3 is 15.0 Å². The maximum atomic E-state index is 12.8. The molecule has 0 unspecified atom stereocenters. The number of nitrogens with one attached hydrogen (secondary N) is 2. The topological polar surface area (TPSA) is 66.0 Å². The summed E-state index contributed by atoms with van der Waals surface area (Å²) in [5.74, 6) is 0.984. The first-order chi connectivity index (χ1) is 13.2. The molecule has 2 aliphatic heterocycles. The lowest BCUT2D eigenvalue weighted by Crippen LogP contribution is -2.55. The molecule has 1 aromatic heterocycles. The molecule has 1 atom stereocenters. The van der Waals surface area contributed by atoms with Gasteiger partial charge in [-0.25, -0.2) is 0 Å². The molecule has 0 saturated carbocycles. The zero-order chi connectivity index (χ0) is 18.7. The minimum Gasteiger partial charge on any atom is -0.383 e. The summed E-state index contributed by atoms with van der Waals surface area (Å²) in [6.45, 7) is 3.22. The van der Waals surface area contributed by atoms with Crippen molar-refractivity contribution in [2.75, 3.05) is 38.7 Å². The fourth-order valence-corrected chi connectivity index (χ4v) is 4.35. The average Bonchev–Trinajstić information content (AvgIpc) is 3.34. The lowest BCUT2D eigenvalue weighted by Gasteiger charge is -2.30. The molecule has 1 amide bonds. The number of carbonyl (C=O) groups is 1. The zero-order valence-corrected chi connectivity index (χ0v) is 16.2. The van der Waals surface area contributed by atoms with E-state index in [9.17, 15) is 4.79 Å². The standard InChI is InChI=1S/C20H24N4O2S/c1-26-10-8-21-19-20(22-12-15-4-2-3-5-17(15)23-19)7-9-24(14-20)18(25)16-6-11-27-13-16/h2-6,11,13,22H,7-10,12,14H2,1H3,(H,21,23)/t20-/m0/s1. The molecule has 2 aliphatic rings. The summed E-state index contributed by atoms with van der Waals surface area (Å²) >= 11 is 1.55. The Labute approximate surface area is 163 Å². The number of anilines is 1. The van der Waals surface area contributed by atoms with Crippen molar-refractivity contribution >= 4 is 28.8 Å². The number of hydrogen-bond donors (Lipinski definition) is 2. The van der Waals surface area contributed by atoms with E-state index in [4.69, 9.17) is 9.73 Å². The summed E-state index contributed by atoms with van der Waals surface area (Å²) in [4.78, 5) is 19.6. The normalized spacial score (nSPS) is 23.3. The van der Waals surface area contributed by atoms with Crippen LogP contribution in [0.2, 0.25) is 0 Å². The molecule has 1 fully saturated rings. The molecular formula is C20H24N4O2S. The summed E-state index contributed by atoms with van der Waals surface area (Å²) in [6.07, 6.45) is 0.829. The highest BCUT2D eigenvalue weighted by Crippen LogP contribution is 2.30. The number of rotatable bonds is 4. The molecule has 27 heavy (non-hydrogen) atoms. The van der Waals surface area contributed by atoms with Gasteiger partial charge in [0.25, 0.3) is 5.91 Å². The number of fused-ring (bicyclic) bond motifs is 1. The van der Waals surface area contributed by atoms with Gasteiger partial charge in [0.2, 0.25) is 0 Å². The third kappa shape index (κ3) is 3.63. The molecular weight excluding hydrogens is 360 g/mol. The van der Waals surface area contributed by atoms with Crippen LogP contribution in [-0.2, 0) is 11.3 Å². The van der Waals surface area contributed by atoms with Crippen LogP contribution in [0.15, 0.2) is 46.1 Å². The van der Waals surface area contributed by atoms with E-state index in [2.05, 4.69) is 22.8 Å². The van der Waals surface area contributed by atoms with Crippen LogP contribution in [0.5, 0.6) is 0 Å². The highest BCUT2D eigenvalue weighted by atomic mass is 32.1. The van der Waals surface area contributed by atoms with E-state index in [1.807, 2.05) is 33.9 Å². The van der Waals surface area contributed by atoms with Crippen molar-refractivity contribution < 1.29 is 9.53 Å². The van der Waals surface area contributed by atoms with Crippen molar-refractivity contribution in [1.82, 2.24) is 10.2 Å². The smallest absolute Gasteiger partial charge is 0.254 e. The Morgan fingerprint density at radius 3 is 3.07 bits per heavy atom. The van der Waals surface area contributed by atoms with Crippen molar-refractivity contribution in [3.63, 3.8) is 0 Å². The van der Waals surface area contributed by atoms with Crippen LogP contribution in [0.1, 0.15) is 22.3 Å². The number of carbonyl (C=O) groups excluding carboxylic acids is 1. The lowest BCUT2D eigenvalue weighted by atomic mass is 9.96. The van der Waals surface area contributed by atoms with E-state index in [1.54, 1.807) is 18.4 Å². The highest BCUT2D eigenvalue weighted by molar-refractivity contribution is 7.08. The van der Waals surface area contributed by atoms with E-state index >= 15 is 0 Å². The number of amides is 1. The van der Waals surface area contributed by atoms with E-state index in [-0.39, 0.29) is 11.4 Å². The lowest BCUT2D eigenvalue weighted by molar-refractivity contribution is 0.0786. The molecule has 0 radical (unpaired) electrons. The van der Waals surface area contributed by atoms with Gasteiger partial charge in [0.05, 0.1) is 24.3 Å². The summed E-state index contributed by atoms with van der Waals surface area (Å²) < 4.78 is 5.17. The summed E-state index contributed by atoms with van der Waals surface area (Å²) in [5, 5.41) is 11.1. The minimum absolute atomic E-state index is 0.0907. The number of thiophene rings is 1. The second kappa shape index (κ2) is 7.80. The Morgan fingerprint density at radius 2 is 2.26 bits per heavy atom. The Balaban J connectivity index is 1.61. The zero-order valence-electron chi connectivity index (χ0n) is 15.4. The number of ether oxygens (including phenoxy) is 1. The van der Waals surface area contributed by atoms with Crippen LogP contribution in [-0.4, -0.2) is 55.5 Å². The fraction of sp³-hybridized carbons (Fsp3) is 0.400. The summed E-state index contributed by atoms with van der Waals surface area (Å²) in [6, 6.07) is 10.1. The van der Waals surface area contributed by atoms with Crippen LogP contribution < -0.4 is 10.6 Å². The average molecular weight is 385 g/mol. The molecule has 142 valence electrons. The van der Waals surface area contributed by atoms with Crippen molar-refractivity contribution in [3.8, 4) is 0 Å². The maximum absolute atomic E-state index is 12.8. The number of benzene rings is 1. The monoisotopic (exact) mass is 384 g/mol. The van der Waals surface area contributed by atoms with Crippen molar-refractivity contribution in [1.29, 1.82) is 0 Å². The van der Waals surface area contributed by atoms with Gasteiger partial charge in [0.1, 0.15) is 5.84 Å². The molecule has 4 rings (SSSR count). The van der Waals surface area contributed by atoms with Gasteiger partial charge in [-0.15, -0.1) is 0 Å². The number of likely N-dealkylation sites (tertiary alicyclic amines) is 1. The Hall–Kier alpha value is -2.22.